The van der Waals surface area contributed by atoms with Gasteiger partial charge in [0.1, 0.15) is 11.6 Å². The lowest BCUT2D eigenvalue weighted by atomic mass is 9.85. The van der Waals surface area contributed by atoms with Crippen LogP contribution in [0, 0.1) is 5.82 Å². The summed E-state index contributed by atoms with van der Waals surface area (Å²) >= 11 is 11.9. The average Bonchev–Trinajstić information content (AvgIpc) is 2.42. The quantitative estimate of drug-likeness (QED) is 0.854. The molecule has 2 nitrogen and oxygen atoms in total. The van der Waals surface area contributed by atoms with Gasteiger partial charge in [0.15, 0.2) is 0 Å². The fourth-order valence-electron chi connectivity index (χ4n) is 2.02. The van der Waals surface area contributed by atoms with E-state index < -0.39 is 11.4 Å². The molecule has 2 aromatic carbocycles. The summed E-state index contributed by atoms with van der Waals surface area (Å²) < 4.78 is 18.9. The molecule has 2 aromatic rings. The van der Waals surface area contributed by atoms with Gasteiger partial charge in [-0.3, -0.25) is 0 Å². The third-order valence-corrected chi connectivity index (χ3v) is 3.84. The van der Waals surface area contributed by atoms with Crippen molar-refractivity contribution in [1.29, 1.82) is 0 Å². The van der Waals surface area contributed by atoms with Crippen LogP contribution in [-0.2, 0) is 5.54 Å². The van der Waals surface area contributed by atoms with Crippen molar-refractivity contribution in [2.24, 2.45) is 5.73 Å². The molecule has 0 radical (unpaired) electrons. The van der Waals surface area contributed by atoms with Gasteiger partial charge in [-0.2, -0.15) is 0 Å². The first-order valence-electron chi connectivity index (χ1n) is 5.94. The number of hydrogen-bond donors (Lipinski definition) is 1. The molecule has 0 aromatic heterocycles. The van der Waals surface area contributed by atoms with Gasteiger partial charge >= 0.3 is 0 Å². The second-order valence-corrected chi connectivity index (χ2v) is 5.49. The molecule has 1 unspecified atom stereocenters. The second-order valence-electron chi connectivity index (χ2n) is 4.68. The molecule has 0 bridgehead atoms. The lowest BCUT2D eigenvalue weighted by Gasteiger charge is -2.27. The van der Waals surface area contributed by atoms with Gasteiger partial charge in [-0.25, -0.2) is 4.39 Å². The first kappa shape index (κ1) is 15.1. The Morgan fingerprint density at radius 2 is 1.85 bits per heavy atom. The van der Waals surface area contributed by atoms with E-state index in [0.717, 1.165) is 5.56 Å². The van der Waals surface area contributed by atoms with Crippen LogP contribution in [0.4, 0.5) is 4.39 Å². The Balaban J connectivity index is 2.56. The molecule has 106 valence electrons. The molecule has 0 spiro atoms. The first-order chi connectivity index (χ1) is 9.36. The SMILES string of the molecule is COc1cccc(C(C)(N)c2cc(F)c(Cl)cc2Cl)c1. The van der Waals surface area contributed by atoms with Crippen LogP contribution in [0.1, 0.15) is 18.1 Å². The zero-order chi connectivity index (χ0) is 14.9. The Labute approximate surface area is 127 Å². The van der Waals surface area contributed by atoms with Gasteiger partial charge in [0.05, 0.1) is 17.7 Å². The molecule has 20 heavy (non-hydrogen) atoms. The minimum absolute atomic E-state index is 0.0276. The van der Waals surface area contributed by atoms with Gasteiger partial charge in [-0.15, -0.1) is 0 Å². The zero-order valence-corrected chi connectivity index (χ0v) is 12.6. The van der Waals surface area contributed by atoms with Crippen LogP contribution in [-0.4, -0.2) is 7.11 Å². The minimum atomic E-state index is -0.961. The Morgan fingerprint density at radius 3 is 2.50 bits per heavy atom. The number of hydrogen-bond acceptors (Lipinski definition) is 2. The molecule has 0 fully saturated rings. The number of methoxy groups -OCH3 is 1. The maximum Gasteiger partial charge on any atom is 0.142 e. The maximum atomic E-state index is 13.7. The Kier molecular flexibility index (Phi) is 4.23. The smallest absolute Gasteiger partial charge is 0.142 e. The standard InChI is InChI=1S/C15H14Cl2FNO/c1-15(19,9-4-3-5-10(6-9)20-2)11-7-14(18)13(17)8-12(11)16/h3-8H,19H2,1-2H3. The summed E-state index contributed by atoms with van der Waals surface area (Å²) in [6, 6.07) is 9.89. The molecule has 2 N–H and O–H groups in total. The van der Waals surface area contributed by atoms with Crippen LogP contribution in [0.25, 0.3) is 0 Å². The molecule has 0 aliphatic rings. The van der Waals surface area contributed by atoms with E-state index >= 15 is 0 Å². The molecule has 1 atom stereocenters. The van der Waals surface area contributed by atoms with Crippen molar-refractivity contribution in [3.8, 4) is 5.75 Å². The number of ether oxygens (including phenoxy) is 1. The van der Waals surface area contributed by atoms with E-state index in [9.17, 15) is 4.39 Å². The predicted octanol–water partition coefficient (Wildman–Crippen LogP) is 4.36. The van der Waals surface area contributed by atoms with Crippen molar-refractivity contribution < 1.29 is 9.13 Å². The molecule has 0 amide bonds. The summed E-state index contributed by atoms with van der Waals surface area (Å²) in [5, 5.41) is 0.296. The van der Waals surface area contributed by atoms with Crippen molar-refractivity contribution in [3.05, 3.63) is 63.4 Å². The first-order valence-corrected chi connectivity index (χ1v) is 6.70. The van der Waals surface area contributed by atoms with E-state index in [1.165, 1.54) is 12.1 Å². The fraction of sp³-hybridized carbons (Fsp3) is 0.200. The normalized spacial score (nSPS) is 13.9. The van der Waals surface area contributed by atoms with Gasteiger partial charge in [-0.1, -0.05) is 35.3 Å². The molecular formula is C15H14Cl2FNO. The van der Waals surface area contributed by atoms with E-state index in [4.69, 9.17) is 33.7 Å². The van der Waals surface area contributed by atoms with Crippen LogP contribution in [0.2, 0.25) is 10.0 Å². The Bertz CT molecular complexity index is 644. The van der Waals surface area contributed by atoms with Crippen LogP contribution >= 0.6 is 23.2 Å². The summed E-state index contributed by atoms with van der Waals surface area (Å²) in [6.07, 6.45) is 0. The highest BCUT2D eigenvalue weighted by Crippen LogP contribution is 2.35. The predicted molar refractivity (Wildman–Crippen MR) is 80.1 cm³/mol. The Hall–Kier alpha value is -1.29. The number of rotatable bonds is 3. The van der Waals surface area contributed by atoms with Crippen molar-refractivity contribution in [2.45, 2.75) is 12.5 Å². The summed E-state index contributed by atoms with van der Waals surface area (Å²) in [6.45, 7) is 1.76. The van der Waals surface area contributed by atoms with Crippen LogP contribution in [0.5, 0.6) is 5.75 Å². The van der Waals surface area contributed by atoms with E-state index in [0.29, 0.717) is 16.3 Å². The number of nitrogens with two attached hydrogens (primary N) is 1. The van der Waals surface area contributed by atoms with E-state index in [2.05, 4.69) is 0 Å². The third-order valence-electron chi connectivity index (χ3n) is 3.24. The lowest BCUT2D eigenvalue weighted by molar-refractivity contribution is 0.413. The number of benzene rings is 2. The summed E-state index contributed by atoms with van der Waals surface area (Å²) in [5.41, 5.74) is 6.62. The minimum Gasteiger partial charge on any atom is -0.497 e. The molecule has 0 aliphatic heterocycles. The molecule has 0 saturated heterocycles. The van der Waals surface area contributed by atoms with Gasteiger partial charge in [-0.05, 0) is 42.3 Å². The lowest BCUT2D eigenvalue weighted by Crippen LogP contribution is -2.34. The zero-order valence-electron chi connectivity index (χ0n) is 11.1. The fourth-order valence-corrected chi connectivity index (χ4v) is 2.60. The van der Waals surface area contributed by atoms with Crippen LogP contribution in [0.3, 0.4) is 0 Å². The molecule has 0 aliphatic carbocycles. The summed E-state index contributed by atoms with van der Waals surface area (Å²) in [7, 11) is 1.57. The molecule has 5 heteroatoms. The highest BCUT2D eigenvalue weighted by Gasteiger charge is 2.28. The number of halogens is 3. The Morgan fingerprint density at radius 1 is 1.15 bits per heavy atom. The monoisotopic (exact) mass is 313 g/mol. The van der Waals surface area contributed by atoms with Gasteiger partial charge in [0.2, 0.25) is 0 Å². The maximum absolute atomic E-state index is 13.7. The van der Waals surface area contributed by atoms with Gasteiger partial charge in [0.25, 0.3) is 0 Å². The van der Waals surface area contributed by atoms with E-state index in [-0.39, 0.29) is 5.02 Å². The van der Waals surface area contributed by atoms with Gasteiger partial charge in [0, 0.05) is 5.02 Å². The van der Waals surface area contributed by atoms with Crippen molar-refractivity contribution in [2.75, 3.05) is 7.11 Å². The van der Waals surface area contributed by atoms with E-state index in [1.807, 2.05) is 18.2 Å². The summed E-state index contributed by atoms with van der Waals surface area (Å²) in [4.78, 5) is 0. The average molecular weight is 314 g/mol. The largest absolute Gasteiger partial charge is 0.497 e. The van der Waals surface area contributed by atoms with Crippen molar-refractivity contribution >= 4 is 23.2 Å². The summed E-state index contributed by atoms with van der Waals surface area (Å²) in [5.74, 6) is 0.121. The highest BCUT2D eigenvalue weighted by atomic mass is 35.5. The van der Waals surface area contributed by atoms with Crippen LogP contribution < -0.4 is 10.5 Å². The third kappa shape index (κ3) is 2.75. The molecule has 2 rings (SSSR count). The molecule has 0 heterocycles. The molecule has 0 saturated carbocycles. The van der Waals surface area contributed by atoms with E-state index in [1.54, 1.807) is 20.1 Å². The highest BCUT2D eigenvalue weighted by molar-refractivity contribution is 6.35. The van der Waals surface area contributed by atoms with Gasteiger partial charge < -0.3 is 10.5 Å². The topological polar surface area (TPSA) is 35.2 Å². The molecular weight excluding hydrogens is 300 g/mol. The van der Waals surface area contributed by atoms with Crippen LogP contribution in [0.15, 0.2) is 36.4 Å². The van der Waals surface area contributed by atoms with Crippen molar-refractivity contribution in [1.82, 2.24) is 0 Å². The second kappa shape index (κ2) is 5.60. The van der Waals surface area contributed by atoms with Crippen molar-refractivity contribution in [3.63, 3.8) is 0 Å².